The van der Waals surface area contributed by atoms with Crippen molar-refractivity contribution < 1.29 is 13.9 Å². The van der Waals surface area contributed by atoms with E-state index in [0.717, 1.165) is 56.1 Å². The molecule has 0 radical (unpaired) electrons. The van der Waals surface area contributed by atoms with Gasteiger partial charge in [-0.15, -0.1) is 0 Å². The van der Waals surface area contributed by atoms with Crippen LogP contribution in [0.25, 0.3) is 0 Å². The molecule has 27 heavy (non-hydrogen) atoms. The number of anilines is 3. The van der Waals surface area contributed by atoms with Gasteiger partial charge in [0.2, 0.25) is 0 Å². The van der Waals surface area contributed by atoms with Gasteiger partial charge < -0.3 is 19.9 Å². The Morgan fingerprint density at radius 1 is 0.963 bits per heavy atom. The molecule has 0 unspecified atom stereocenters. The predicted molar refractivity (Wildman–Crippen MR) is 105 cm³/mol. The zero-order chi connectivity index (χ0) is 18.6. The number of amides is 1. The van der Waals surface area contributed by atoms with Gasteiger partial charge in [-0.3, -0.25) is 4.79 Å². The average Bonchev–Trinajstić information content (AvgIpc) is 3.23. The second-order valence-electron chi connectivity index (χ2n) is 6.96. The van der Waals surface area contributed by atoms with Crippen LogP contribution in [0.3, 0.4) is 0 Å². The lowest BCUT2D eigenvalue weighted by Gasteiger charge is -2.30. The van der Waals surface area contributed by atoms with E-state index in [1.807, 2.05) is 6.07 Å². The van der Waals surface area contributed by atoms with Gasteiger partial charge in [0.15, 0.2) is 0 Å². The molecule has 2 aromatic rings. The summed E-state index contributed by atoms with van der Waals surface area (Å²) < 4.78 is 18.9. The number of morpholine rings is 1. The standard InChI is InChI=1S/C21H24FN3O2/c22-17-5-3-4-16(14-17)21(26)23-19-15-18(24-10-12-27-13-11-24)6-7-20(19)25-8-1-2-9-25/h3-7,14-15H,1-2,8-13H2,(H,23,26). The third kappa shape index (κ3) is 4.06. The zero-order valence-electron chi connectivity index (χ0n) is 15.3. The first kappa shape index (κ1) is 17.8. The fourth-order valence-electron chi connectivity index (χ4n) is 3.70. The Bertz CT molecular complexity index is 815. The molecule has 1 N–H and O–H groups in total. The van der Waals surface area contributed by atoms with Crippen LogP contribution >= 0.6 is 0 Å². The Morgan fingerprint density at radius 3 is 2.48 bits per heavy atom. The highest BCUT2D eigenvalue weighted by atomic mass is 19.1. The summed E-state index contributed by atoms with van der Waals surface area (Å²) in [5, 5.41) is 3.01. The highest BCUT2D eigenvalue weighted by Gasteiger charge is 2.20. The van der Waals surface area contributed by atoms with Crippen molar-refractivity contribution in [1.29, 1.82) is 0 Å². The maximum absolute atomic E-state index is 13.5. The van der Waals surface area contributed by atoms with E-state index in [1.165, 1.54) is 12.1 Å². The minimum Gasteiger partial charge on any atom is -0.378 e. The number of nitrogens with one attached hydrogen (secondary N) is 1. The molecule has 142 valence electrons. The molecular formula is C21H24FN3O2. The van der Waals surface area contributed by atoms with Gasteiger partial charge in [0.25, 0.3) is 5.91 Å². The van der Waals surface area contributed by atoms with E-state index in [2.05, 4.69) is 27.2 Å². The number of hydrogen-bond donors (Lipinski definition) is 1. The fraction of sp³-hybridized carbons (Fsp3) is 0.381. The van der Waals surface area contributed by atoms with Gasteiger partial charge in [0.05, 0.1) is 24.6 Å². The van der Waals surface area contributed by atoms with Crippen LogP contribution in [0.15, 0.2) is 42.5 Å². The molecule has 5 nitrogen and oxygen atoms in total. The molecule has 0 aromatic heterocycles. The SMILES string of the molecule is O=C(Nc1cc(N2CCOCC2)ccc1N1CCCC1)c1cccc(F)c1. The Hall–Kier alpha value is -2.60. The Balaban J connectivity index is 1.63. The summed E-state index contributed by atoms with van der Waals surface area (Å²) in [5.41, 5.74) is 3.18. The smallest absolute Gasteiger partial charge is 0.255 e. The molecular weight excluding hydrogens is 345 g/mol. The van der Waals surface area contributed by atoms with Crippen LogP contribution in [-0.4, -0.2) is 45.3 Å². The van der Waals surface area contributed by atoms with Crippen LogP contribution < -0.4 is 15.1 Å². The predicted octanol–water partition coefficient (Wildman–Crippen LogP) is 3.51. The van der Waals surface area contributed by atoms with Crippen LogP contribution in [-0.2, 0) is 4.74 Å². The molecule has 2 aromatic carbocycles. The van der Waals surface area contributed by atoms with Crippen LogP contribution in [0.5, 0.6) is 0 Å². The molecule has 0 saturated carbocycles. The molecule has 2 fully saturated rings. The molecule has 2 heterocycles. The number of nitrogens with zero attached hydrogens (tertiary/aromatic N) is 2. The molecule has 0 atom stereocenters. The quantitative estimate of drug-likeness (QED) is 0.896. The van der Waals surface area contributed by atoms with E-state index in [4.69, 9.17) is 4.74 Å². The van der Waals surface area contributed by atoms with E-state index in [-0.39, 0.29) is 5.91 Å². The Morgan fingerprint density at radius 2 is 1.74 bits per heavy atom. The van der Waals surface area contributed by atoms with E-state index in [9.17, 15) is 9.18 Å². The number of hydrogen-bond acceptors (Lipinski definition) is 4. The van der Waals surface area contributed by atoms with Crippen LogP contribution in [0.4, 0.5) is 21.5 Å². The van der Waals surface area contributed by atoms with Gasteiger partial charge in [0.1, 0.15) is 5.82 Å². The first-order chi connectivity index (χ1) is 13.2. The summed E-state index contributed by atoms with van der Waals surface area (Å²) in [4.78, 5) is 17.2. The average molecular weight is 369 g/mol. The van der Waals surface area contributed by atoms with Crippen LogP contribution in [0, 0.1) is 5.82 Å². The maximum atomic E-state index is 13.5. The van der Waals surface area contributed by atoms with Crippen molar-refractivity contribution in [3.8, 4) is 0 Å². The highest BCUT2D eigenvalue weighted by Crippen LogP contribution is 2.33. The second-order valence-corrected chi connectivity index (χ2v) is 6.96. The van der Waals surface area contributed by atoms with Crippen LogP contribution in [0.1, 0.15) is 23.2 Å². The number of carbonyl (C=O) groups excluding carboxylic acids is 1. The van der Waals surface area contributed by atoms with Gasteiger partial charge in [-0.25, -0.2) is 4.39 Å². The fourth-order valence-corrected chi connectivity index (χ4v) is 3.70. The summed E-state index contributed by atoms with van der Waals surface area (Å²) in [7, 11) is 0. The van der Waals surface area contributed by atoms with E-state index in [1.54, 1.807) is 12.1 Å². The molecule has 0 aliphatic carbocycles. The van der Waals surface area contributed by atoms with Crippen molar-refractivity contribution in [3.63, 3.8) is 0 Å². The summed E-state index contributed by atoms with van der Waals surface area (Å²) in [6.07, 6.45) is 2.31. The molecule has 1 amide bonds. The lowest BCUT2D eigenvalue weighted by molar-refractivity contribution is 0.102. The third-order valence-corrected chi connectivity index (χ3v) is 5.14. The first-order valence-corrected chi connectivity index (χ1v) is 9.49. The van der Waals surface area contributed by atoms with Gasteiger partial charge in [-0.05, 0) is 49.2 Å². The maximum Gasteiger partial charge on any atom is 0.255 e. The molecule has 0 spiro atoms. The molecule has 2 aliphatic heterocycles. The van der Waals surface area contributed by atoms with Crippen LogP contribution in [0.2, 0.25) is 0 Å². The second kappa shape index (κ2) is 7.96. The summed E-state index contributed by atoms with van der Waals surface area (Å²) in [6.45, 7) is 5.05. The third-order valence-electron chi connectivity index (χ3n) is 5.14. The summed E-state index contributed by atoms with van der Waals surface area (Å²) in [6, 6.07) is 12.0. The van der Waals surface area contributed by atoms with Gasteiger partial charge in [-0.1, -0.05) is 6.07 Å². The lowest BCUT2D eigenvalue weighted by Crippen LogP contribution is -2.36. The normalized spacial score (nSPS) is 17.2. The van der Waals surface area contributed by atoms with Crippen molar-refractivity contribution in [2.24, 2.45) is 0 Å². The number of rotatable bonds is 4. The molecule has 4 rings (SSSR count). The largest absolute Gasteiger partial charge is 0.378 e. The minimum atomic E-state index is -0.413. The number of ether oxygens (including phenoxy) is 1. The van der Waals surface area contributed by atoms with E-state index >= 15 is 0 Å². The zero-order valence-corrected chi connectivity index (χ0v) is 15.3. The Labute approximate surface area is 158 Å². The van der Waals surface area contributed by atoms with Gasteiger partial charge >= 0.3 is 0 Å². The van der Waals surface area contributed by atoms with Gasteiger partial charge in [0, 0.05) is 37.4 Å². The number of carbonyl (C=O) groups is 1. The van der Waals surface area contributed by atoms with Crippen molar-refractivity contribution in [2.75, 3.05) is 54.5 Å². The monoisotopic (exact) mass is 369 g/mol. The molecule has 2 saturated heterocycles. The number of halogens is 1. The van der Waals surface area contributed by atoms with Crippen molar-refractivity contribution in [3.05, 3.63) is 53.8 Å². The topological polar surface area (TPSA) is 44.8 Å². The lowest BCUT2D eigenvalue weighted by atomic mass is 10.1. The highest BCUT2D eigenvalue weighted by molar-refractivity contribution is 6.06. The summed E-state index contributed by atoms with van der Waals surface area (Å²) >= 11 is 0. The molecule has 0 bridgehead atoms. The van der Waals surface area contributed by atoms with Crippen molar-refractivity contribution >= 4 is 23.0 Å². The summed E-state index contributed by atoms with van der Waals surface area (Å²) in [5.74, 6) is -0.710. The minimum absolute atomic E-state index is 0.297. The van der Waals surface area contributed by atoms with Gasteiger partial charge in [-0.2, -0.15) is 0 Å². The Kier molecular flexibility index (Phi) is 5.25. The molecule has 6 heteroatoms. The molecule has 2 aliphatic rings. The van der Waals surface area contributed by atoms with Crippen molar-refractivity contribution in [1.82, 2.24) is 0 Å². The van der Waals surface area contributed by atoms with E-state index < -0.39 is 5.82 Å². The van der Waals surface area contributed by atoms with Crippen molar-refractivity contribution in [2.45, 2.75) is 12.8 Å². The first-order valence-electron chi connectivity index (χ1n) is 9.49. The van der Waals surface area contributed by atoms with E-state index in [0.29, 0.717) is 18.8 Å². The number of benzene rings is 2.